The summed E-state index contributed by atoms with van der Waals surface area (Å²) in [6.07, 6.45) is 0.0706. The first-order chi connectivity index (χ1) is 10.7. The van der Waals surface area contributed by atoms with Gasteiger partial charge in [-0.3, -0.25) is 14.4 Å². The fraction of sp³-hybridized carbons (Fsp3) is 0.471. The maximum Gasteiger partial charge on any atom is 0.306 e. The van der Waals surface area contributed by atoms with Gasteiger partial charge in [0.2, 0.25) is 5.91 Å². The van der Waals surface area contributed by atoms with Crippen molar-refractivity contribution >= 4 is 23.5 Å². The second-order valence-corrected chi connectivity index (χ2v) is 6.14. The number of carbonyl (C=O) groups excluding carboxylic acids is 3. The molecule has 126 valence electrons. The third-order valence-electron chi connectivity index (χ3n) is 2.76. The zero-order chi connectivity index (χ0) is 17.5. The molecule has 1 aromatic rings. The van der Waals surface area contributed by atoms with E-state index in [2.05, 4.69) is 10.6 Å². The number of rotatable bonds is 6. The van der Waals surface area contributed by atoms with Crippen molar-refractivity contribution in [2.45, 2.75) is 46.1 Å². The highest BCUT2D eigenvalue weighted by molar-refractivity contribution is 5.97. The molecule has 1 aromatic carbocycles. The lowest BCUT2D eigenvalue weighted by Crippen LogP contribution is -2.40. The molecule has 2 N–H and O–H groups in total. The summed E-state index contributed by atoms with van der Waals surface area (Å²) in [6.45, 7) is 7.70. The van der Waals surface area contributed by atoms with Crippen molar-refractivity contribution in [1.82, 2.24) is 5.32 Å². The molecule has 6 heteroatoms. The van der Waals surface area contributed by atoms with Crippen molar-refractivity contribution in [3.63, 3.8) is 0 Å². The molecule has 0 heterocycles. The molecule has 0 saturated carbocycles. The van der Waals surface area contributed by atoms with Gasteiger partial charge < -0.3 is 15.4 Å². The second kappa shape index (κ2) is 8.31. The van der Waals surface area contributed by atoms with E-state index in [0.717, 1.165) is 0 Å². The zero-order valence-corrected chi connectivity index (χ0v) is 14.1. The predicted octanol–water partition coefficient (Wildman–Crippen LogP) is 2.50. The number of benzene rings is 1. The van der Waals surface area contributed by atoms with E-state index in [9.17, 15) is 14.4 Å². The highest BCUT2D eigenvalue weighted by Gasteiger charge is 2.15. The summed E-state index contributed by atoms with van der Waals surface area (Å²) in [5, 5.41) is 5.53. The molecule has 6 nitrogen and oxygen atoms in total. The lowest BCUT2D eigenvalue weighted by Gasteiger charge is -2.20. The fourth-order valence-electron chi connectivity index (χ4n) is 1.82. The van der Waals surface area contributed by atoms with Crippen molar-refractivity contribution in [3.8, 4) is 0 Å². The Bertz CT molecular complexity index is 576. The maximum atomic E-state index is 12.1. The molecular weight excluding hydrogens is 296 g/mol. The Morgan fingerprint density at radius 3 is 2.43 bits per heavy atom. The quantitative estimate of drug-likeness (QED) is 0.789. The number of nitrogens with one attached hydrogen (secondary N) is 2. The first-order valence-corrected chi connectivity index (χ1v) is 7.59. The van der Waals surface area contributed by atoms with Crippen molar-refractivity contribution in [1.29, 1.82) is 0 Å². The van der Waals surface area contributed by atoms with Gasteiger partial charge in [-0.05, 0) is 45.9 Å². The van der Waals surface area contributed by atoms with Gasteiger partial charge in [-0.1, -0.05) is 6.07 Å². The van der Waals surface area contributed by atoms with E-state index in [4.69, 9.17) is 4.74 Å². The van der Waals surface area contributed by atoms with Gasteiger partial charge in [0.15, 0.2) is 0 Å². The first kappa shape index (κ1) is 18.7. The van der Waals surface area contributed by atoms with Crippen LogP contribution in [0.25, 0.3) is 0 Å². The first-order valence-electron chi connectivity index (χ1n) is 7.59. The summed E-state index contributed by atoms with van der Waals surface area (Å²) >= 11 is 0. The number of carbonyl (C=O) groups is 3. The Morgan fingerprint density at radius 2 is 1.83 bits per heavy atom. The summed E-state index contributed by atoms with van der Waals surface area (Å²) < 4.78 is 4.77. The van der Waals surface area contributed by atoms with Crippen LogP contribution in [0.3, 0.4) is 0 Å². The largest absolute Gasteiger partial charge is 0.466 e. The van der Waals surface area contributed by atoms with Gasteiger partial charge in [0.1, 0.15) is 0 Å². The standard InChI is InChI=1S/C17H24N2O4/c1-5-23-15(21)10-9-14(20)18-13-8-6-7-12(11-13)16(22)19-17(2,3)4/h6-8,11H,5,9-10H2,1-4H3,(H,18,20)(H,19,22). The smallest absolute Gasteiger partial charge is 0.306 e. The SMILES string of the molecule is CCOC(=O)CCC(=O)Nc1cccc(C(=O)NC(C)(C)C)c1. The summed E-state index contributed by atoms with van der Waals surface area (Å²) in [7, 11) is 0. The van der Waals surface area contributed by atoms with Crippen LogP contribution >= 0.6 is 0 Å². The predicted molar refractivity (Wildman–Crippen MR) is 88.2 cm³/mol. The van der Waals surface area contributed by atoms with E-state index in [1.54, 1.807) is 31.2 Å². The molecule has 0 atom stereocenters. The Hall–Kier alpha value is -2.37. The monoisotopic (exact) mass is 320 g/mol. The van der Waals surface area contributed by atoms with E-state index < -0.39 is 5.97 Å². The topological polar surface area (TPSA) is 84.5 Å². The molecular formula is C17H24N2O4. The van der Waals surface area contributed by atoms with Crippen LogP contribution in [0.4, 0.5) is 5.69 Å². The van der Waals surface area contributed by atoms with Crippen LogP contribution in [0.5, 0.6) is 0 Å². The van der Waals surface area contributed by atoms with Gasteiger partial charge in [-0.25, -0.2) is 0 Å². The van der Waals surface area contributed by atoms with Crippen LogP contribution in [0.2, 0.25) is 0 Å². The minimum Gasteiger partial charge on any atom is -0.466 e. The van der Waals surface area contributed by atoms with E-state index in [-0.39, 0.29) is 30.2 Å². The van der Waals surface area contributed by atoms with Gasteiger partial charge in [-0.2, -0.15) is 0 Å². The highest BCUT2D eigenvalue weighted by Crippen LogP contribution is 2.13. The minimum atomic E-state index is -0.402. The van der Waals surface area contributed by atoms with Crippen LogP contribution in [0, 0.1) is 0 Å². The molecule has 0 fully saturated rings. The fourth-order valence-corrected chi connectivity index (χ4v) is 1.82. The van der Waals surface area contributed by atoms with Crippen LogP contribution in [-0.4, -0.2) is 29.9 Å². The molecule has 0 aliphatic rings. The molecule has 0 bridgehead atoms. The third kappa shape index (κ3) is 7.44. The van der Waals surface area contributed by atoms with Crippen molar-refractivity contribution in [2.75, 3.05) is 11.9 Å². The van der Waals surface area contributed by atoms with Crippen LogP contribution in [-0.2, 0) is 14.3 Å². The molecule has 0 radical (unpaired) electrons. The van der Waals surface area contributed by atoms with Crippen molar-refractivity contribution in [2.24, 2.45) is 0 Å². The average molecular weight is 320 g/mol. The number of anilines is 1. The Morgan fingerprint density at radius 1 is 1.13 bits per heavy atom. The molecule has 0 unspecified atom stereocenters. The average Bonchev–Trinajstić information content (AvgIpc) is 2.44. The lowest BCUT2D eigenvalue weighted by molar-refractivity contribution is -0.144. The Balaban J connectivity index is 2.61. The summed E-state index contributed by atoms with van der Waals surface area (Å²) in [5.41, 5.74) is 0.638. The molecule has 23 heavy (non-hydrogen) atoms. The second-order valence-electron chi connectivity index (χ2n) is 6.14. The minimum absolute atomic E-state index is 0.0316. The van der Waals surface area contributed by atoms with E-state index in [0.29, 0.717) is 17.9 Å². The Labute approximate surface area is 136 Å². The lowest BCUT2D eigenvalue weighted by atomic mass is 10.1. The van der Waals surface area contributed by atoms with E-state index >= 15 is 0 Å². The third-order valence-corrected chi connectivity index (χ3v) is 2.76. The van der Waals surface area contributed by atoms with Gasteiger partial charge in [0.25, 0.3) is 5.91 Å². The molecule has 2 amide bonds. The van der Waals surface area contributed by atoms with Gasteiger partial charge in [0.05, 0.1) is 13.0 Å². The molecule has 0 saturated heterocycles. The summed E-state index contributed by atoms with van der Waals surface area (Å²) in [6, 6.07) is 6.66. The Kier molecular flexibility index (Phi) is 6.75. The number of hydrogen-bond acceptors (Lipinski definition) is 4. The van der Waals surface area contributed by atoms with Crippen LogP contribution < -0.4 is 10.6 Å². The molecule has 0 aliphatic heterocycles. The van der Waals surface area contributed by atoms with Crippen molar-refractivity contribution < 1.29 is 19.1 Å². The number of amides is 2. The zero-order valence-electron chi connectivity index (χ0n) is 14.1. The number of ether oxygens (including phenoxy) is 1. The number of hydrogen-bond donors (Lipinski definition) is 2. The molecule has 1 rings (SSSR count). The van der Waals surface area contributed by atoms with Gasteiger partial charge in [0, 0.05) is 23.2 Å². The van der Waals surface area contributed by atoms with E-state index in [1.165, 1.54) is 0 Å². The molecule has 0 aliphatic carbocycles. The van der Waals surface area contributed by atoms with E-state index in [1.807, 2.05) is 20.8 Å². The molecule has 0 spiro atoms. The number of esters is 1. The molecule has 0 aromatic heterocycles. The van der Waals surface area contributed by atoms with Crippen LogP contribution in [0.15, 0.2) is 24.3 Å². The van der Waals surface area contributed by atoms with Crippen LogP contribution in [0.1, 0.15) is 50.9 Å². The highest BCUT2D eigenvalue weighted by atomic mass is 16.5. The summed E-state index contributed by atoms with van der Waals surface area (Å²) in [4.78, 5) is 35.1. The van der Waals surface area contributed by atoms with Gasteiger partial charge in [-0.15, -0.1) is 0 Å². The van der Waals surface area contributed by atoms with Gasteiger partial charge >= 0.3 is 5.97 Å². The van der Waals surface area contributed by atoms with Crippen molar-refractivity contribution in [3.05, 3.63) is 29.8 Å². The maximum absolute atomic E-state index is 12.1. The summed E-state index contributed by atoms with van der Waals surface area (Å²) in [5.74, 6) is -0.910. The normalized spacial score (nSPS) is 10.8.